The van der Waals surface area contributed by atoms with Crippen molar-refractivity contribution in [2.75, 3.05) is 31.1 Å². The van der Waals surface area contributed by atoms with Crippen LogP contribution >= 0.6 is 0 Å². The highest BCUT2D eigenvalue weighted by Crippen LogP contribution is 2.31. The number of aromatic nitrogens is 4. The van der Waals surface area contributed by atoms with Crippen LogP contribution in [0.4, 0.5) is 14.9 Å². The molecule has 0 unspecified atom stereocenters. The van der Waals surface area contributed by atoms with E-state index in [0.29, 0.717) is 39.0 Å². The molecule has 0 bridgehead atoms. The van der Waals surface area contributed by atoms with Crippen LogP contribution in [0, 0.1) is 0 Å². The summed E-state index contributed by atoms with van der Waals surface area (Å²) in [4.78, 5) is 28.4. The number of alkyl halides is 1. The topological polar surface area (TPSA) is 79.3 Å². The molecule has 1 aliphatic heterocycles. The number of halogens is 1. The minimum absolute atomic E-state index is 0.264. The largest absolute Gasteiger partial charge is 0.446 e. The van der Waals surface area contributed by atoms with E-state index in [4.69, 9.17) is 4.74 Å². The van der Waals surface area contributed by atoms with Gasteiger partial charge in [-0.2, -0.15) is 0 Å². The summed E-state index contributed by atoms with van der Waals surface area (Å²) in [6.45, 7) is 2.56. The lowest BCUT2D eigenvalue weighted by molar-refractivity contribution is -0.0132. The van der Waals surface area contributed by atoms with E-state index in [9.17, 15) is 9.18 Å². The molecular weight excluding hydrogens is 375 g/mol. The molecule has 0 aromatic carbocycles. The minimum atomic E-state index is -0.823. The highest BCUT2D eigenvalue weighted by atomic mass is 19.1. The Morgan fingerprint density at radius 1 is 1.24 bits per heavy atom. The molecule has 1 N–H and O–H groups in total. The van der Waals surface area contributed by atoms with Gasteiger partial charge in [0.2, 0.25) is 0 Å². The lowest BCUT2D eigenvalue weighted by atomic mass is 9.94. The lowest BCUT2D eigenvalue weighted by Crippen LogP contribution is -2.50. The van der Waals surface area contributed by atoms with Gasteiger partial charge in [-0.3, -0.25) is 0 Å². The van der Waals surface area contributed by atoms with E-state index in [2.05, 4.69) is 25.9 Å². The SMILES string of the molecule is Cn1cnc(-c2cc3c(N4CCN(C(=O)OC5CC(F)C5)CC4)ccnc3[nH]2)c1. The number of nitrogens with one attached hydrogen (secondary N) is 1. The number of piperazine rings is 1. The first kappa shape index (κ1) is 18.0. The van der Waals surface area contributed by atoms with Crippen LogP contribution in [0.5, 0.6) is 0 Å². The fourth-order valence-electron chi connectivity index (χ4n) is 3.92. The number of carbonyl (C=O) groups is 1. The summed E-state index contributed by atoms with van der Waals surface area (Å²) in [6, 6.07) is 4.08. The number of carbonyl (C=O) groups excluding carboxylic acids is 1. The minimum Gasteiger partial charge on any atom is -0.446 e. The van der Waals surface area contributed by atoms with Crippen LogP contribution in [0.3, 0.4) is 0 Å². The van der Waals surface area contributed by atoms with Crippen LogP contribution in [0.15, 0.2) is 30.9 Å². The molecule has 8 nitrogen and oxygen atoms in total. The van der Waals surface area contributed by atoms with Crippen LogP contribution in [0.1, 0.15) is 12.8 Å². The third-order valence-electron chi connectivity index (χ3n) is 5.67. The van der Waals surface area contributed by atoms with E-state index in [1.54, 1.807) is 17.4 Å². The number of pyridine rings is 1. The van der Waals surface area contributed by atoms with E-state index in [1.165, 1.54) is 0 Å². The molecule has 152 valence electrons. The van der Waals surface area contributed by atoms with Crippen molar-refractivity contribution in [1.29, 1.82) is 0 Å². The van der Waals surface area contributed by atoms with Gasteiger partial charge in [-0.05, 0) is 12.1 Å². The first-order chi connectivity index (χ1) is 14.1. The number of nitrogens with zero attached hydrogens (tertiary/aromatic N) is 5. The van der Waals surface area contributed by atoms with Crippen LogP contribution in [0.2, 0.25) is 0 Å². The Balaban J connectivity index is 1.29. The zero-order chi connectivity index (χ0) is 20.0. The van der Waals surface area contributed by atoms with E-state index in [1.807, 2.05) is 23.9 Å². The number of rotatable bonds is 3. The summed E-state index contributed by atoms with van der Waals surface area (Å²) in [5.74, 6) is 0. The predicted molar refractivity (Wildman–Crippen MR) is 106 cm³/mol. The molecule has 3 aromatic rings. The Hall–Kier alpha value is -3.10. The smallest absolute Gasteiger partial charge is 0.410 e. The van der Waals surface area contributed by atoms with Gasteiger partial charge in [0.1, 0.15) is 23.6 Å². The third-order valence-corrected chi connectivity index (χ3v) is 5.67. The second-order valence-electron chi connectivity index (χ2n) is 7.75. The Bertz CT molecular complexity index is 1030. The van der Waals surface area contributed by atoms with Gasteiger partial charge < -0.3 is 24.1 Å². The number of hydrogen-bond donors (Lipinski definition) is 1. The highest BCUT2D eigenvalue weighted by Gasteiger charge is 2.34. The molecule has 0 radical (unpaired) electrons. The molecule has 1 saturated heterocycles. The molecule has 1 saturated carbocycles. The third kappa shape index (κ3) is 3.41. The van der Waals surface area contributed by atoms with Gasteiger partial charge in [-0.1, -0.05) is 0 Å². The van der Waals surface area contributed by atoms with Crippen LogP contribution in [-0.2, 0) is 11.8 Å². The molecular formula is C20H23FN6O2. The maximum absolute atomic E-state index is 12.9. The Morgan fingerprint density at radius 2 is 2.03 bits per heavy atom. The van der Waals surface area contributed by atoms with Crippen LogP contribution < -0.4 is 4.90 Å². The summed E-state index contributed by atoms with van der Waals surface area (Å²) in [6.07, 6.45) is 4.75. The zero-order valence-electron chi connectivity index (χ0n) is 16.2. The standard InChI is InChI=1S/C20H23FN6O2/c1-25-11-17(23-12-25)16-10-15-18(2-3-22-19(15)24-16)26-4-6-27(7-5-26)20(28)29-14-8-13(21)9-14/h2-3,10-14H,4-9H2,1H3,(H,22,24). The van der Waals surface area contributed by atoms with Crippen molar-refractivity contribution >= 4 is 22.8 Å². The first-order valence-corrected chi connectivity index (χ1v) is 9.87. The molecule has 1 aliphatic carbocycles. The summed E-state index contributed by atoms with van der Waals surface area (Å²) in [5.41, 5.74) is 3.70. The number of amides is 1. The van der Waals surface area contributed by atoms with Crippen molar-refractivity contribution < 1.29 is 13.9 Å². The van der Waals surface area contributed by atoms with Crippen LogP contribution in [-0.4, -0.2) is 69.0 Å². The Morgan fingerprint density at radius 3 is 2.72 bits per heavy atom. The number of imidazole rings is 1. The molecule has 3 aromatic heterocycles. The van der Waals surface area contributed by atoms with E-state index >= 15 is 0 Å². The fourth-order valence-corrected chi connectivity index (χ4v) is 3.92. The summed E-state index contributed by atoms with van der Waals surface area (Å²) in [7, 11) is 1.94. The zero-order valence-corrected chi connectivity index (χ0v) is 16.2. The second-order valence-corrected chi connectivity index (χ2v) is 7.75. The van der Waals surface area contributed by atoms with Gasteiger partial charge in [0.05, 0.1) is 12.0 Å². The van der Waals surface area contributed by atoms with Gasteiger partial charge in [0.15, 0.2) is 0 Å². The average Bonchev–Trinajstić information content (AvgIpc) is 3.32. The van der Waals surface area contributed by atoms with Crippen molar-refractivity contribution in [3.8, 4) is 11.4 Å². The van der Waals surface area contributed by atoms with E-state index in [0.717, 1.165) is 28.1 Å². The Labute approximate surface area is 167 Å². The van der Waals surface area contributed by atoms with Crippen molar-refractivity contribution in [1.82, 2.24) is 24.4 Å². The molecule has 2 fully saturated rings. The Kier molecular flexibility index (Phi) is 4.37. The van der Waals surface area contributed by atoms with Crippen molar-refractivity contribution in [3.63, 3.8) is 0 Å². The first-order valence-electron chi connectivity index (χ1n) is 9.87. The average molecular weight is 398 g/mol. The number of ether oxygens (including phenoxy) is 1. The van der Waals surface area contributed by atoms with E-state index < -0.39 is 6.17 Å². The maximum atomic E-state index is 12.9. The lowest BCUT2D eigenvalue weighted by Gasteiger charge is -2.37. The molecule has 0 spiro atoms. The van der Waals surface area contributed by atoms with E-state index in [-0.39, 0.29) is 12.2 Å². The predicted octanol–water partition coefficient (Wildman–Crippen LogP) is 2.72. The molecule has 0 atom stereocenters. The van der Waals surface area contributed by atoms with Crippen molar-refractivity contribution in [2.45, 2.75) is 25.1 Å². The maximum Gasteiger partial charge on any atom is 0.410 e. The molecule has 2 aliphatic rings. The number of hydrogen-bond acceptors (Lipinski definition) is 5. The molecule has 4 heterocycles. The molecule has 1 amide bonds. The number of H-pyrrole nitrogens is 1. The monoisotopic (exact) mass is 398 g/mol. The van der Waals surface area contributed by atoms with Gasteiger partial charge in [0, 0.05) is 69.5 Å². The summed E-state index contributed by atoms with van der Waals surface area (Å²) < 4.78 is 20.2. The molecule has 29 heavy (non-hydrogen) atoms. The van der Waals surface area contributed by atoms with Gasteiger partial charge in [-0.25, -0.2) is 19.2 Å². The van der Waals surface area contributed by atoms with Gasteiger partial charge in [-0.15, -0.1) is 0 Å². The van der Waals surface area contributed by atoms with Gasteiger partial charge in [0.25, 0.3) is 0 Å². The van der Waals surface area contributed by atoms with Crippen LogP contribution in [0.25, 0.3) is 22.4 Å². The fraction of sp³-hybridized carbons (Fsp3) is 0.450. The van der Waals surface area contributed by atoms with Crippen molar-refractivity contribution in [3.05, 3.63) is 30.9 Å². The van der Waals surface area contributed by atoms with Crippen molar-refractivity contribution in [2.24, 2.45) is 7.05 Å². The highest BCUT2D eigenvalue weighted by molar-refractivity contribution is 5.93. The normalized spacial score (nSPS) is 22.0. The molecule has 5 rings (SSSR count). The second kappa shape index (κ2) is 7.06. The number of aromatic amines is 1. The number of aryl methyl sites for hydroxylation is 1. The number of fused-ring (bicyclic) bond motifs is 1. The van der Waals surface area contributed by atoms with Gasteiger partial charge >= 0.3 is 6.09 Å². The quantitative estimate of drug-likeness (QED) is 0.734. The summed E-state index contributed by atoms with van der Waals surface area (Å²) >= 11 is 0. The summed E-state index contributed by atoms with van der Waals surface area (Å²) in [5, 5.41) is 1.03. The number of anilines is 1. The molecule has 9 heteroatoms.